The number of hydrogen-bond acceptors (Lipinski definition) is 3. The second-order valence-corrected chi connectivity index (χ2v) is 6.51. The summed E-state index contributed by atoms with van der Waals surface area (Å²) in [6.45, 7) is 0. The van der Waals surface area contributed by atoms with Crippen LogP contribution in [0.3, 0.4) is 0 Å². The summed E-state index contributed by atoms with van der Waals surface area (Å²) in [4.78, 5) is 29.6. The highest BCUT2D eigenvalue weighted by atomic mass is 79.9. The second-order valence-electron chi connectivity index (χ2n) is 3.88. The first-order valence-electron chi connectivity index (χ1n) is 5.25. The first-order chi connectivity index (χ1) is 9.06. The molecule has 0 radical (unpaired) electrons. The highest BCUT2D eigenvalue weighted by Crippen LogP contribution is 2.29. The van der Waals surface area contributed by atoms with Gasteiger partial charge < -0.3 is 9.97 Å². The van der Waals surface area contributed by atoms with Gasteiger partial charge >= 0.3 is 5.69 Å². The minimum atomic E-state index is -0.288. The van der Waals surface area contributed by atoms with Crippen LogP contribution in [0.25, 0.3) is 11.0 Å². The number of thiophene rings is 1. The Balaban J connectivity index is 2.19. The third kappa shape index (κ3) is 2.22. The average Bonchev–Trinajstić information content (AvgIpc) is 2.92. The monoisotopic (exact) mass is 400 g/mol. The number of aromatic nitrogens is 2. The lowest BCUT2D eigenvalue weighted by Crippen LogP contribution is -2.01. The van der Waals surface area contributed by atoms with Gasteiger partial charge in [-0.05, 0) is 55.4 Å². The molecule has 0 unspecified atom stereocenters. The highest BCUT2D eigenvalue weighted by molar-refractivity contribution is 9.11. The zero-order valence-corrected chi connectivity index (χ0v) is 13.3. The minimum Gasteiger partial charge on any atom is -0.306 e. The van der Waals surface area contributed by atoms with Gasteiger partial charge in [-0.1, -0.05) is 0 Å². The topological polar surface area (TPSA) is 65.7 Å². The van der Waals surface area contributed by atoms with E-state index in [1.807, 2.05) is 11.4 Å². The molecule has 1 aromatic carbocycles. The lowest BCUT2D eigenvalue weighted by molar-refractivity contribution is 0.104. The van der Waals surface area contributed by atoms with Crippen LogP contribution in [-0.4, -0.2) is 15.8 Å². The summed E-state index contributed by atoms with van der Waals surface area (Å²) in [6, 6.07) is 5.23. The third-order valence-electron chi connectivity index (χ3n) is 2.67. The number of benzene rings is 1. The van der Waals surface area contributed by atoms with Crippen molar-refractivity contribution in [2.24, 2.45) is 0 Å². The van der Waals surface area contributed by atoms with Crippen molar-refractivity contribution in [1.29, 1.82) is 0 Å². The molecule has 0 aliphatic carbocycles. The van der Waals surface area contributed by atoms with Crippen LogP contribution in [0.15, 0.2) is 37.3 Å². The molecular formula is C12H6Br2N2O2S. The number of fused-ring (bicyclic) bond motifs is 1. The van der Waals surface area contributed by atoms with E-state index >= 15 is 0 Å². The van der Waals surface area contributed by atoms with Gasteiger partial charge in [0.1, 0.15) is 0 Å². The molecule has 0 fully saturated rings. The number of carbonyl (C=O) groups is 1. The molecule has 3 rings (SSSR count). The standard InChI is InChI=1S/C12H6Br2N2O2S/c13-6-1-2-19-11(6)10(17)5-3-8-9(4-7(5)14)16-12(18)15-8/h1-4H,(H2,15,16,18). The number of ketones is 1. The second kappa shape index (κ2) is 4.73. The molecule has 0 bridgehead atoms. The molecule has 3 aromatic rings. The van der Waals surface area contributed by atoms with E-state index in [0.717, 1.165) is 4.47 Å². The van der Waals surface area contributed by atoms with Gasteiger partial charge in [0.15, 0.2) is 0 Å². The van der Waals surface area contributed by atoms with Crippen molar-refractivity contribution < 1.29 is 4.79 Å². The van der Waals surface area contributed by atoms with Crippen molar-refractivity contribution in [3.8, 4) is 0 Å². The Morgan fingerprint density at radius 3 is 2.42 bits per heavy atom. The van der Waals surface area contributed by atoms with Gasteiger partial charge in [-0.3, -0.25) is 4.79 Å². The summed E-state index contributed by atoms with van der Waals surface area (Å²) in [5.74, 6) is -0.0855. The number of nitrogens with one attached hydrogen (secondary N) is 2. The fourth-order valence-electron chi connectivity index (χ4n) is 1.81. The van der Waals surface area contributed by atoms with Gasteiger partial charge in [0.05, 0.1) is 15.9 Å². The largest absolute Gasteiger partial charge is 0.323 e. The average molecular weight is 402 g/mol. The summed E-state index contributed by atoms with van der Waals surface area (Å²) in [5.41, 5.74) is 1.51. The first kappa shape index (κ1) is 12.8. The van der Waals surface area contributed by atoms with Gasteiger partial charge in [-0.2, -0.15) is 0 Å². The molecule has 2 N–H and O–H groups in total. The van der Waals surface area contributed by atoms with Crippen LogP contribution >= 0.6 is 43.2 Å². The van der Waals surface area contributed by atoms with Crippen LogP contribution in [0.5, 0.6) is 0 Å². The summed E-state index contributed by atoms with van der Waals surface area (Å²) < 4.78 is 1.43. The molecule has 0 spiro atoms. The van der Waals surface area contributed by atoms with Gasteiger partial charge in [-0.15, -0.1) is 11.3 Å². The van der Waals surface area contributed by atoms with E-state index in [1.165, 1.54) is 11.3 Å². The van der Waals surface area contributed by atoms with Crippen LogP contribution in [-0.2, 0) is 0 Å². The van der Waals surface area contributed by atoms with Crippen molar-refractivity contribution in [3.63, 3.8) is 0 Å². The Morgan fingerprint density at radius 1 is 1.11 bits per heavy atom. The predicted molar refractivity (Wildman–Crippen MR) is 82.1 cm³/mol. The molecule has 7 heteroatoms. The van der Waals surface area contributed by atoms with Crippen LogP contribution in [0, 0.1) is 0 Å². The van der Waals surface area contributed by atoms with E-state index < -0.39 is 0 Å². The number of hydrogen-bond donors (Lipinski definition) is 2. The van der Waals surface area contributed by atoms with E-state index in [2.05, 4.69) is 41.8 Å². The number of rotatable bonds is 2. The molecule has 0 amide bonds. The van der Waals surface area contributed by atoms with Crippen molar-refractivity contribution in [1.82, 2.24) is 9.97 Å². The zero-order valence-electron chi connectivity index (χ0n) is 9.29. The number of imidazole rings is 1. The van der Waals surface area contributed by atoms with Gasteiger partial charge in [-0.25, -0.2) is 4.79 Å². The lowest BCUT2D eigenvalue weighted by atomic mass is 10.1. The summed E-state index contributed by atoms with van der Waals surface area (Å²) in [5, 5.41) is 1.85. The molecule has 0 atom stereocenters. The van der Waals surface area contributed by atoms with Crippen LogP contribution < -0.4 is 5.69 Å². The fraction of sp³-hybridized carbons (Fsp3) is 0. The zero-order chi connectivity index (χ0) is 13.6. The predicted octanol–water partition coefficient (Wildman–Crippen LogP) is 3.67. The Labute approximate surface area is 128 Å². The smallest absolute Gasteiger partial charge is 0.306 e. The SMILES string of the molecule is O=C(c1cc2[nH]c(=O)[nH]c2cc1Br)c1sccc1Br. The number of halogens is 2. The quantitative estimate of drug-likeness (QED) is 0.643. The lowest BCUT2D eigenvalue weighted by Gasteiger charge is -2.03. The molecule has 2 heterocycles. The Bertz CT molecular complexity index is 847. The number of H-pyrrole nitrogens is 2. The van der Waals surface area contributed by atoms with E-state index in [0.29, 0.717) is 25.9 Å². The molecule has 96 valence electrons. The van der Waals surface area contributed by atoms with E-state index in [4.69, 9.17) is 0 Å². The van der Waals surface area contributed by atoms with Gasteiger partial charge in [0.2, 0.25) is 5.78 Å². The molecule has 0 aliphatic heterocycles. The molecule has 0 saturated carbocycles. The maximum Gasteiger partial charge on any atom is 0.323 e. The summed E-state index contributed by atoms with van der Waals surface area (Å²) in [6.07, 6.45) is 0. The van der Waals surface area contributed by atoms with E-state index in [-0.39, 0.29) is 11.5 Å². The molecule has 0 saturated heterocycles. The summed E-state index contributed by atoms with van der Waals surface area (Å²) >= 11 is 8.10. The normalized spacial score (nSPS) is 11.1. The summed E-state index contributed by atoms with van der Waals surface area (Å²) in [7, 11) is 0. The molecule has 4 nitrogen and oxygen atoms in total. The van der Waals surface area contributed by atoms with E-state index in [1.54, 1.807) is 12.1 Å². The van der Waals surface area contributed by atoms with Crippen LogP contribution in [0.4, 0.5) is 0 Å². The van der Waals surface area contributed by atoms with Crippen molar-refractivity contribution in [2.75, 3.05) is 0 Å². The van der Waals surface area contributed by atoms with Crippen LogP contribution in [0.1, 0.15) is 15.2 Å². The van der Waals surface area contributed by atoms with E-state index in [9.17, 15) is 9.59 Å². The molecule has 2 aromatic heterocycles. The number of aromatic amines is 2. The number of carbonyl (C=O) groups excluding carboxylic acids is 1. The maximum atomic E-state index is 12.4. The Kier molecular flexibility index (Phi) is 3.20. The highest BCUT2D eigenvalue weighted by Gasteiger charge is 2.18. The van der Waals surface area contributed by atoms with Crippen molar-refractivity contribution in [3.05, 3.63) is 53.4 Å². The molecule has 19 heavy (non-hydrogen) atoms. The van der Waals surface area contributed by atoms with Crippen LogP contribution in [0.2, 0.25) is 0 Å². The minimum absolute atomic E-state index is 0.0855. The van der Waals surface area contributed by atoms with Gasteiger partial charge in [0, 0.05) is 14.5 Å². The maximum absolute atomic E-state index is 12.4. The Morgan fingerprint density at radius 2 is 1.79 bits per heavy atom. The van der Waals surface area contributed by atoms with Crippen molar-refractivity contribution >= 4 is 60.0 Å². The fourth-order valence-corrected chi connectivity index (χ4v) is 3.84. The molecular weight excluding hydrogens is 396 g/mol. The molecule has 0 aliphatic rings. The Hall–Kier alpha value is -1.18. The third-order valence-corrected chi connectivity index (χ3v) is 5.16. The first-order valence-corrected chi connectivity index (χ1v) is 7.72. The van der Waals surface area contributed by atoms with Gasteiger partial charge in [0.25, 0.3) is 0 Å². The van der Waals surface area contributed by atoms with Crippen molar-refractivity contribution in [2.45, 2.75) is 0 Å².